The van der Waals surface area contributed by atoms with Crippen LogP contribution < -0.4 is 4.74 Å². The van der Waals surface area contributed by atoms with E-state index >= 15 is 4.39 Å². The number of hydrogen-bond acceptors (Lipinski definition) is 7. The van der Waals surface area contributed by atoms with Crippen molar-refractivity contribution in [2.24, 2.45) is 14.1 Å². The standard InChI is InChI=1S/C37H37FN6O4/c1-19-23-9-8-14-47-33(23)26(38)17-24(19)32-25-18-30(43(6)35(25)40-20(2)31(32)34(36(45)46)48-37(3,4)5)22-12-13-39-27(16-22)21-10-11-29-28(15-21)41-42-44(29)7/h10-13,15-18,34H,8-9,14H2,1-7H3,(H,45,46). The first-order chi connectivity index (χ1) is 22.8. The molecule has 0 fully saturated rings. The van der Waals surface area contributed by atoms with Crippen molar-refractivity contribution in [3.63, 3.8) is 0 Å². The number of rotatable bonds is 6. The van der Waals surface area contributed by atoms with Crippen LogP contribution in [0.15, 0.2) is 48.7 Å². The van der Waals surface area contributed by atoms with Gasteiger partial charge in [0.25, 0.3) is 0 Å². The van der Waals surface area contributed by atoms with Crippen molar-refractivity contribution in [3.8, 4) is 39.4 Å². The Labute approximate surface area is 277 Å². The first-order valence-electron chi connectivity index (χ1n) is 15.9. The Bertz CT molecular complexity index is 2260. The second-order valence-corrected chi connectivity index (χ2v) is 13.4. The van der Waals surface area contributed by atoms with Crippen LogP contribution in [0, 0.1) is 19.7 Å². The summed E-state index contributed by atoms with van der Waals surface area (Å²) in [4.78, 5) is 22.5. The molecule has 0 radical (unpaired) electrons. The van der Waals surface area contributed by atoms with Gasteiger partial charge in [-0.25, -0.2) is 18.9 Å². The van der Waals surface area contributed by atoms with Gasteiger partial charge in [0.05, 0.1) is 29.1 Å². The molecular weight excluding hydrogens is 611 g/mol. The number of pyridine rings is 2. The maximum Gasteiger partial charge on any atom is 0.337 e. The predicted octanol–water partition coefficient (Wildman–Crippen LogP) is 7.27. The number of halogens is 1. The van der Waals surface area contributed by atoms with E-state index in [0.29, 0.717) is 46.4 Å². The highest BCUT2D eigenvalue weighted by atomic mass is 19.1. The third kappa shape index (κ3) is 5.28. The first-order valence-corrected chi connectivity index (χ1v) is 15.9. The minimum atomic E-state index is -1.35. The van der Waals surface area contributed by atoms with E-state index in [-0.39, 0.29) is 5.75 Å². The van der Waals surface area contributed by atoms with Crippen molar-refractivity contribution in [1.82, 2.24) is 29.5 Å². The van der Waals surface area contributed by atoms with Crippen LogP contribution in [-0.2, 0) is 30.0 Å². The fourth-order valence-electron chi connectivity index (χ4n) is 6.80. The third-order valence-corrected chi connectivity index (χ3v) is 9.03. The average Bonchev–Trinajstić information content (AvgIpc) is 3.59. The summed E-state index contributed by atoms with van der Waals surface area (Å²) in [6, 6.07) is 13.3. The van der Waals surface area contributed by atoms with Crippen LogP contribution in [0.2, 0.25) is 0 Å². The Balaban J connectivity index is 1.48. The number of aromatic nitrogens is 6. The summed E-state index contributed by atoms with van der Waals surface area (Å²) in [6.45, 7) is 9.63. The molecule has 0 saturated carbocycles. The van der Waals surface area contributed by atoms with Gasteiger partial charge in [0.2, 0.25) is 0 Å². The van der Waals surface area contributed by atoms with Gasteiger partial charge in [-0.2, -0.15) is 0 Å². The summed E-state index contributed by atoms with van der Waals surface area (Å²) in [7, 11) is 3.78. The van der Waals surface area contributed by atoms with Gasteiger partial charge in [-0.3, -0.25) is 4.98 Å². The molecule has 1 aliphatic heterocycles. The summed E-state index contributed by atoms with van der Waals surface area (Å²) in [6.07, 6.45) is 1.84. The Hall–Kier alpha value is -5.16. The molecule has 2 aromatic carbocycles. The van der Waals surface area contributed by atoms with Gasteiger partial charge in [0, 0.05) is 59.2 Å². The van der Waals surface area contributed by atoms with E-state index in [4.69, 9.17) is 14.5 Å². The highest BCUT2D eigenvalue weighted by Crippen LogP contribution is 2.45. The number of ether oxygens (including phenoxy) is 2. The number of hydrogen-bond donors (Lipinski definition) is 1. The van der Waals surface area contributed by atoms with Gasteiger partial charge in [0.15, 0.2) is 17.7 Å². The molecule has 1 unspecified atom stereocenters. The summed E-state index contributed by atoms with van der Waals surface area (Å²) < 4.78 is 31.5. The lowest BCUT2D eigenvalue weighted by Gasteiger charge is -2.29. The Morgan fingerprint density at radius 1 is 1.08 bits per heavy atom. The van der Waals surface area contributed by atoms with Gasteiger partial charge < -0.3 is 19.1 Å². The SMILES string of the molecule is Cc1nc2c(cc(-c3ccnc(-c4ccc5c(c4)nnn5C)c3)n2C)c(-c2cc(F)c3c(c2C)CCCO3)c1C(OC(C)(C)C)C(=O)O. The highest BCUT2D eigenvalue weighted by Gasteiger charge is 2.34. The van der Waals surface area contributed by atoms with Crippen LogP contribution in [-0.4, -0.2) is 52.8 Å². The molecule has 1 atom stereocenters. The Kier molecular flexibility index (Phi) is 7.54. The lowest BCUT2D eigenvalue weighted by atomic mass is 9.86. The largest absolute Gasteiger partial charge is 0.490 e. The van der Waals surface area contributed by atoms with Crippen LogP contribution >= 0.6 is 0 Å². The summed E-state index contributed by atoms with van der Waals surface area (Å²) >= 11 is 0. The van der Waals surface area contributed by atoms with Gasteiger partial charge in [0.1, 0.15) is 11.2 Å². The molecule has 0 spiro atoms. The fourth-order valence-corrected chi connectivity index (χ4v) is 6.80. The van der Waals surface area contributed by atoms with Crippen LogP contribution in [0.4, 0.5) is 4.39 Å². The lowest BCUT2D eigenvalue weighted by molar-refractivity contribution is -0.160. The van der Waals surface area contributed by atoms with E-state index in [1.165, 1.54) is 6.07 Å². The van der Waals surface area contributed by atoms with Crippen molar-refractivity contribution in [3.05, 3.63) is 76.9 Å². The molecule has 7 rings (SSSR count). The summed E-state index contributed by atoms with van der Waals surface area (Å²) in [5.74, 6) is -1.35. The monoisotopic (exact) mass is 648 g/mol. The molecule has 10 nitrogen and oxygen atoms in total. The van der Waals surface area contributed by atoms with Crippen LogP contribution in [0.1, 0.15) is 55.7 Å². The normalized spacial score (nSPS) is 13.9. The lowest BCUT2D eigenvalue weighted by Crippen LogP contribution is -2.28. The number of carboxylic acids is 1. The zero-order valence-electron chi connectivity index (χ0n) is 28.1. The van der Waals surface area contributed by atoms with Gasteiger partial charge in [-0.1, -0.05) is 11.3 Å². The van der Waals surface area contributed by atoms with Gasteiger partial charge in [-0.15, -0.1) is 5.10 Å². The number of carboxylic acid groups (broad SMARTS) is 1. The smallest absolute Gasteiger partial charge is 0.337 e. The van der Waals surface area contributed by atoms with E-state index in [1.54, 1.807) is 17.8 Å². The second-order valence-electron chi connectivity index (χ2n) is 13.4. The number of fused-ring (bicyclic) bond motifs is 3. The molecule has 1 N–H and O–H groups in total. The van der Waals surface area contributed by atoms with Crippen molar-refractivity contribution in [1.29, 1.82) is 0 Å². The van der Waals surface area contributed by atoms with E-state index in [9.17, 15) is 9.90 Å². The van der Waals surface area contributed by atoms with E-state index in [2.05, 4.69) is 15.3 Å². The average molecular weight is 649 g/mol. The van der Waals surface area contributed by atoms with E-state index in [1.807, 2.05) is 82.8 Å². The maximum atomic E-state index is 15.8. The number of aryl methyl sites for hydroxylation is 3. The quantitative estimate of drug-likeness (QED) is 0.200. The van der Waals surface area contributed by atoms with E-state index in [0.717, 1.165) is 51.1 Å². The first kappa shape index (κ1) is 31.4. The maximum absolute atomic E-state index is 15.8. The topological polar surface area (TPSA) is 117 Å². The molecule has 1 aliphatic rings. The molecule has 0 bridgehead atoms. The summed E-state index contributed by atoms with van der Waals surface area (Å²) in [5, 5.41) is 19.6. The van der Waals surface area contributed by atoms with Crippen molar-refractivity contribution in [2.45, 2.75) is 59.2 Å². The number of aliphatic carboxylic acids is 1. The van der Waals surface area contributed by atoms with Crippen molar-refractivity contribution in [2.75, 3.05) is 6.61 Å². The van der Waals surface area contributed by atoms with Crippen LogP contribution in [0.5, 0.6) is 5.75 Å². The zero-order chi connectivity index (χ0) is 34.1. The number of carbonyl (C=O) groups is 1. The van der Waals surface area contributed by atoms with Gasteiger partial charge in [-0.05, 0) is 95.0 Å². The molecule has 0 saturated heterocycles. The zero-order valence-corrected chi connectivity index (χ0v) is 28.1. The van der Waals surface area contributed by atoms with Gasteiger partial charge >= 0.3 is 5.97 Å². The molecule has 4 aromatic heterocycles. The minimum Gasteiger partial charge on any atom is -0.490 e. The Morgan fingerprint density at radius 3 is 2.62 bits per heavy atom. The minimum absolute atomic E-state index is 0.268. The number of nitrogens with zero attached hydrogens (tertiary/aromatic N) is 6. The molecule has 48 heavy (non-hydrogen) atoms. The van der Waals surface area contributed by atoms with Crippen LogP contribution in [0.3, 0.4) is 0 Å². The molecule has 11 heteroatoms. The molecular formula is C37H37FN6O4. The second kappa shape index (κ2) is 11.5. The highest BCUT2D eigenvalue weighted by molar-refractivity contribution is 6.01. The predicted molar refractivity (Wildman–Crippen MR) is 181 cm³/mol. The molecule has 6 aromatic rings. The van der Waals surface area contributed by atoms with E-state index < -0.39 is 23.5 Å². The van der Waals surface area contributed by atoms with Crippen LogP contribution in [0.25, 0.3) is 55.7 Å². The number of benzene rings is 2. The molecule has 5 heterocycles. The van der Waals surface area contributed by atoms with Crippen molar-refractivity contribution < 1.29 is 23.8 Å². The fraction of sp³-hybridized carbons (Fsp3) is 0.324. The summed E-state index contributed by atoms with van der Waals surface area (Å²) in [5.41, 5.74) is 8.62. The molecule has 0 amide bonds. The van der Waals surface area contributed by atoms with Crippen molar-refractivity contribution >= 4 is 28.0 Å². The molecule has 0 aliphatic carbocycles. The molecule has 246 valence electrons. The third-order valence-electron chi connectivity index (χ3n) is 9.03. The Morgan fingerprint density at radius 2 is 1.88 bits per heavy atom.